The van der Waals surface area contributed by atoms with E-state index in [0.29, 0.717) is 36.2 Å². The zero-order chi connectivity index (χ0) is 24.5. The SMILES string of the molecule is Nc1cc(C2CCNCc3cc(Cl)cc(c3)OCc3cccc(c3)Cn3cc2cn3)c2n[nH]nc2n1. The van der Waals surface area contributed by atoms with Gasteiger partial charge in [0.1, 0.15) is 23.7 Å². The van der Waals surface area contributed by atoms with Crippen molar-refractivity contribution in [3.8, 4) is 5.75 Å². The summed E-state index contributed by atoms with van der Waals surface area (Å²) in [6, 6.07) is 16.1. The Morgan fingerprint density at radius 2 is 1.97 bits per heavy atom. The fourth-order valence-corrected chi connectivity index (χ4v) is 5.00. The average molecular weight is 501 g/mol. The van der Waals surface area contributed by atoms with Crippen molar-refractivity contribution in [2.75, 3.05) is 12.3 Å². The number of rotatable bonds is 1. The molecule has 0 spiro atoms. The summed E-state index contributed by atoms with van der Waals surface area (Å²) in [5, 5.41) is 20.1. The van der Waals surface area contributed by atoms with Crippen LogP contribution < -0.4 is 15.8 Å². The van der Waals surface area contributed by atoms with Gasteiger partial charge in [0.25, 0.3) is 0 Å². The van der Waals surface area contributed by atoms with Crippen molar-refractivity contribution in [1.82, 2.24) is 35.5 Å². The van der Waals surface area contributed by atoms with Gasteiger partial charge in [-0.1, -0.05) is 35.9 Å². The number of hydrogen-bond acceptors (Lipinski definition) is 7. The van der Waals surface area contributed by atoms with E-state index in [9.17, 15) is 0 Å². The van der Waals surface area contributed by atoms with E-state index in [1.165, 1.54) is 0 Å². The Morgan fingerprint density at radius 3 is 2.92 bits per heavy atom. The van der Waals surface area contributed by atoms with Gasteiger partial charge in [-0.15, -0.1) is 5.10 Å². The lowest BCUT2D eigenvalue weighted by atomic mass is 9.90. The van der Waals surface area contributed by atoms with Gasteiger partial charge in [-0.05, 0) is 65.0 Å². The summed E-state index contributed by atoms with van der Waals surface area (Å²) >= 11 is 6.39. The second-order valence-corrected chi connectivity index (χ2v) is 9.46. The molecular formula is C26H25ClN8O. The molecule has 2 aromatic carbocycles. The maximum atomic E-state index is 6.39. The van der Waals surface area contributed by atoms with Crippen LogP contribution in [0.2, 0.25) is 5.02 Å². The Bertz CT molecular complexity index is 1530. The molecule has 10 heteroatoms. The Morgan fingerprint density at radius 1 is 1.06 bits per heavy atom. The van der Waals surface area contributed by atoms with Crippen molar-refractivity contribution in [3.63, 3.8) is 0 Å². The van der Waals surface area contributed by atoms with Gasteiger partial charge >= 0.3 is 0 Å². The average Bonchev–Trinajstić information content (AvgIpc) is 3.51. The quantitative estimate of drug-likeness (QED) is 0.318. The Kier molecular flexibility index (Phi) is 6.00. The summed E-state index contributed by atoms with van der Waals surface area (Å²) < 4.78 is 8.03. The van der Waals surface area contributed by atoms with E-state index >= 15 is 0 Å². The third kappa shape index (κ3) is 4.75. The molecule has 1 aliphatic heterocycles. The van der Waals surface area contributed by atoms with E-state index < -0.39 is 0 Å². The van der Waals surface area contributed by atoms with E-state index in [1.807, 2.05) is 41.2 Å². The Labute approximate surface area is 212 Å². The van der Waals surface area contributed by atoms with Crippen LogP contribution in [-0.2, 0) is 19.7 Å². The van der Waals surface area contributed by atoms with Crippen LogP contribution in [0.4, 0.5) is 5.82 Å². The molecule has 0 radical (unpaired) electrons. The van der Waals surface area contributed by atoms with Crippen molar-refractivity contribution in [3.05, 3.63) is 93.8 Å². The molecule has 182 valence electrons. The van der Waals surface area contributed by atoms with Crippen LogP contribution in [0.15, 0.2) is 60.9 Å². The number of halogens is 1. The van der Waals surface area contributed by atoms with Crippen LogP contribution in [0.25, 0.3) is 11.2 Å². The molecule has 6 rings (SSSR count). The molecule has 0 amide bonds. The number of anilines is 1. The number of nitrogen functional groups attached to an aromatic ring is 1. The molecule has 4 heterocycles. The van der Waals surface area contributed by atoms with Crippen LogP contribution >= 0.6 is 11.6 Å². The summed E-state index contributed by atoms with van der Waals surface area (Å²) in [4.78, 5) is 4.31. The zero-order valence-corrected chi connectivity index (χ0v) is 20.2. The lowest BCUT2D eigenvalue weighted by Gasteiger charge is -2.17. The molecule has 1 unspecified atom stereocenters. The van der Waals surface area contributed by atoms with Crippen LogP contribution in [0, 0.1) is 0 Å². The van der Waals surface area contributed by atoms with Crippen molar-refractivity contribution < 1.29 is 4.74 Å². The normalized spacial score (nSPS) is 16.4. The Balaban J connectivity index is 1.39. The second-order valence-electron chi connectivity index (χ2n) is 9.03. The standard InChI is InChI=1S/C26H25ClN8O/c27-20-7-18-8-21(9-20)36-15-17-3-1-2-16(6-17)13-35-14-19(12-30-35)22(4-5-29-11-18)23-10-24(28)31-26-25(23)32-34-33-26/h1-3,6-10,12,14,22,29H,4-5,11,13,15H2,(H3,28,31,32,33,34). The molecule has 0 fully saturated rings. The van der Waals surface area contributed by atoms with Gasteiger partial charge in [0.15, 0.2) is 0 Å². The summed E-state index contributed by atoms with van der Waals surface area (Å²) in [6.45, 7) is 2.53. The second kappa shape index (κ2) is 9.60. The number of ether oxygens (including phenoxy) is 1. The highest BCUT2D eigenvalue weighted by Gasteiger charge is 2.22. The molecule has 1 aliphatic rings. The lowest BCUT2D eigenvalue weighted by Crippen LogP contribution is -2.18. The monoisotopic (exact) mass is 500 g/mol. The largest absolute Gasteiger partial charge is 0.489 e. The smallest absolute Gasteiger partial charge is 0.203 e. The first-order valence-corrected chi connectivity index (χ1v) is 12.2. The van der Waals surface area contributed by atoms with E-state index in [1.54, 1.807) is 0 Å². The van der Waals surface area contributed by atoms with E-state index in [4.69, 9.17) is 22.1 Å². The summed E-state index contributed by atoms with van der Waals surface area (Å²) in [5.74, 6) is 1.17. The molecule has 6 bridgehead atoms. The van der Waals surface area contributed by atoms with Crippen molar-refractivity contribution in [2.24, 2.45) is 0 Å². The predicted octanol–water partition coefficient (Wildman–Crippen LogP) is 4.04. The molecule has 3 aromatic heterocycles. The van der Waals surface area contributed by atoms with Gasteiger partial charge < -0.3 is 15.8 Å². The number of nitrogens with two attached hydrogens (primary N) is 1. The highest BCUT2D eigenvalue weighted by atomic mass is 35.5. The maximum Gasteiger partial charge on any atom is 0.203 e. The van der Waals surface area contributed by atoms with E-state index in [-0.39, 0.29) is 5.92 Å². The highest BCUT2D eigenvalue weighted by molar-refractivity contribution is 6.30. The lowest BCUT2D eigenvalue weighted by molar-refractivity contribution is 0.305. The van der Waals surface area contributed by atoms with Crippen LogP contribution in [0.3, 0.4) is 0 Å². The first-order valence-electron chi connectivity index (χ1n) is 11.8. The summed E-state index contributed by atoms with van der Waals surface area (Å²) in [7, 11) is 0. The first kappa shape index (κ1) is 22.5. The van der Waals surface area contributed by atoms with Crippen molar-refractivity contribution in [2.45, 2.75) is 32.0 Å². The van der Waals surface area contributed by atoms with E-state index in [2.05, 4.69) is 55.2 Å². The van der Waals surface area contributed by atoms with Gasteiger partial charge in [0.05, 0.1) is 12.7 Å². The number of pyridine rings is 1. The van der Waals surface area contributed by atoms with Gasteiger partial charge in [-0.2, -0.15) is 15.4 Å². The molecule has 0 aliphatic carbocycles. The highest BCUT2D eigenvalue weighted by Crippen LogP contribution is 2.32. The minimum absolute atomic E-state index is 0.00410. The Hall–Kier alpha value is -3.95. The number of fused-ring (bicyclic) bond motifs is 7. The number of benzene rings is 2. The number of aromatic nitrogens is 6. The third-order valence-electron chi connectivity index (χ3n) is 6.38. The zero-order valence-electron chi connectivity index (χ0n) is 19.5. The van der Waals surface area contributed by atoms with Gasteiger partial charge in [0, 0.05) is 23.7 Å². The summed E-state index contributed by atoms with van der Waals surface area (Å²) in [5.41, 5.74) is 12.7. The minimum Gasteiger partial charge on any atom is -0.489 e. The van der Waals surface area contributed by atoms with Crippen LogP contribution in [0.1, 0.15) is 40.2 Å². The number of hydrogen-bond donors (Lipinski definition) is 3. The topological polar surface area (TPSA) is 120 Å². The van der Waals surface area contributed by atoms with Crippen LogP contribution in [0.5, 0.6) is 5.75 Å². The third-order valence-corrected chi connectivity index (χ3v) is 6.60. The van der Waals surface area contributed by atoms with Gasteiger partial charge in [-0.3, -0.25) is 4.68 Å². The molecule has 1 atom stereocenters. The molecule has 5 aromatic rings. The van der Waals surface area contributed by atoms with Crippen LogP contribution in [-0.4, -0.2) is 36.7 Å². The number of aromatic amines is 1. The minimum atomic E-state index is 0.00410. The van der Waals surface area contributed by atoms with Crippen molar-refractivity contribution >= 4 is 28.6 Å². The molecule has 36 heavy (non-hydrogen) atoms. The number of nitrogens with one attached hydrogen (secondary N) is 2. The van der Waals surface area contributed by atoms with Gasteiger partial charge in [0.2, 0.25) is 5.65 Å². The number of nitrogens with zero attached hydrogens (tertiary/aromatic N) is 5. The van der Waals surface area contributed by atoms with Crippen molar-refractivity contribution in [1.29, 1.82) is 0 Å². The molecule has 0 saturated heterocycles. The molecule has 4 N–H and O–H groups in total. The molecule has 9 nitrogen and oxygen atoms in total. The van der Waals surface area contributed by atoms with Gasteiger partial charge in [-0.25, -0.2) is 4.98 Å². The molecule has 0 saturated carbocycles. The maximum absolute atomic E-state index is 6.39. The first-order chi connectivity index (χ1) is 17.6. The fraction of sp³-hybridized carbons (Fsp3) is 0.231. The summed E-state index contributed by atoms with van der Waals surface area (Å²) in [6.07, 6.45) is 4.82. The predicted molar refractivity (Wildman–Crippen MR) is 138 cm³/mol. The number of H-pyrrole nitrogens is 1. The molecular weight excluding hydrogens is 476 g/mol. The van der Waals surface area contributed by atoms with E-state index in [0.717, 1.165) is 52.0 Å². The fourth-order valence-electron chi connectivity index (χ4n) is 4.75.